The lowest BCUT2D eigenvalue weighted by Gasteiger charge is -2.31. The fraction of sp³-hybridized carbons (Fsp3) is 0.500. The first kappa shape index (κ1) is 24.2. The predicted molar refractivity (Wildman–Crippen MR) is 116 cm³/mol. The quantitative estimate of drug-likeness (QED) is 0.260. The van der Waals surface area contributed by atoms with Gasteiger partial charge in [-0.25, -0.2) is 4.79 Å². The van der Waals surface area contributed by atoms with Gasteiger partial charge in [0.15, 0.2) is 0 Å². The van der Waals surface area contributed by atoms with E-state index in [-0.39, 0.29) is 23.4 Å². The molecule has 31 heavy (non-hydrogen) atoms. The highest BCUT2D eigenvalue weighted by Crippen LogP contribution is 2.43. The molecule has 0 radical (unpaired) electrons. The summed E-state index contributed by atoms with van der Waals surface area (Å²) in [7, 11) is 1.23. The number of esters is 2. The Morgan fingerprint density at radius 1 is 1.16 bits per heavy atom. The van der Waals surface area contributed by atoms with Crippen molar-refractivity contribution >= 4 is 23.3 Å². The summed E-state index contributed by atoms with van der Waals surface area (Å²) in [6.45, 7) is 4.11. The van der Waals surface area contributed by atoms with Crippen molar-refractivity contribution in [3.8, 4) is 0 Å². The number of methoxy groups -OCH3 is 1. The zero-order chi connectivity index (χ0) is 23.0. The fourth-order valence-electron chi connectivity index (χ4n) is 3.83. The van der Waals surface area contributed by atoms with Crippen molar-refractivity contribution in [3.63, 3.8) is 0 Å². The number of unbranched alkanes of at least 4 members (excludes halogenated alkanes) is 3. The number of nitrogens with zero attached hydrogens (tertiary/aromatic N) is 2. The van der Waals surface area contributed by atoms with Crippen LogP contribution in [0.3, 0.4) is 0 Å². The molecule has 1 heterocycles. The van der Waals surface area contributed by atoms with E-state index in [0.29, 0.717) is 24.4 Å². The molecule has 0 saturated heterocycles. The van der Waals surface area contributed by atoms with Crippen LogP contribution >= 0.6 is 0 Å². The van der Waals surface area contributed by atoms with Gasteiger partial charge >= 0.3 is 11.9 Å². The third kappa shape index (κ3) is 5.75. The number of hydrogen-bond acceptors (Lipinski definition) is 8. The normalized spacial score (nSPS) is 18.4. The van der Waals surface area contributed by atoms with Gasteiger partial charge in [-0.05, 0) is 33.2 Å². The number of nitrogens with two attached hydrogens (primary N) is 1. The van der Waals surface area contributed by atoms with Crippen LogP contribution in [0.2, 0.25) is 0 Å². The number of nitro benzene ring substituents is 1. The highest BCUT2D eigenvalue weighted by atomic mass is 16.6. The number of carbonyl (C=O) groups is 2. The number of ether oxygens (including phenoxy) is 2. The van der Waals surface area contributed by atoms with Gasteiger partial charge in [-0.2, -0.15) is 0 Å². The van der Waals surface area contributed by atoms with Crippen LogP contribution in [0, 0.1) is 16.0 Å². The van der Waals surface area contributed by atoms with E-state index >= 15 is 0 Å². The number of hydrogen-bond donors (Lipinski definition) is 1. The van der Waals surface area contributed by atoms with E-state index in [4.69, 9.17) is 15.2 Å². The summed E-state index contributed by atoms with van der Waals surface area (Å²) in [4.78, 5) is 41.2. The number of nitro groups is 1. The average Bonchev–Trinajstić information content (AvgIpc) is 2.74. The molecule has 0 aromatic heterocycles. The van der Waals surface area contributed by atoms with E-state index in [9.17, 15) is 19.7 Å². The smallest absolute Gasteiger partial charge is 0.336 e. The summed E-state index contributed by atoms with van der Waals surface area (Å²) < 4.78 is 10.4. The van der Waals surface area contributed by atoms with Crippen LogP contribution in [0.5, 0.6) is 0 Å². The molecule has 0 bridgehead atoms. The zero-order valence-corrected chi connectivity index (χ0v) is 18.1. The van der Waals surface area contributed by atoms with E-state index in [1.807, 2.05) is 0 Å². The third-order valence-corrected chi connectivity index (χ3v) is 5.30. The maximum Gasteiger partial charge on any atom is 0.336 e. The van der Waals surface area contributed by atoms with Crippen LogP contribution in [0.4, 0.5) is 5.69 Å². The highest BCUT2D eigenvalue weighted by Gasteiger charge is 2.44. The Bertz CT molecular complexity index is 893. The lowest BCUT2D eigenvalue weighted by atomic mass is 9.75. The van der Waals surface area contributed by atoms with Gasteiger partial charge in [0.05, 0.1) is 24.2 Å². The largest absolute Gasteiger partial charge is 0.468 e. The van der Waals surface area contributed by atoms with Crippen molar-refractivity contribution < 1.29 is 24.0 Å². The lowest BCUT2D eigenvalue weighted by Crippen LogP contribution is -2.36. The molecular weight excluding hydrogens is 402 g/mol. The van der Waals surface area contributed by atoms with Crippen LogP contribution in [-0.2, 0) is 19.1 Å². The standard InChI is InChI=1S/C22H29N3O6/c1-14-18(21(26)30-3)20(16-10-6-7-11-17(16)25(28)29)19(15(2)24-14)22(27)31-13-9-5-4-8-12-23/h6-7,10-11,18,20H,4-5,8-9,12-13,23H2,1-3H3. The van der Waals surface area contributed by atoms with E-state index in [0.717, 1.165) is 19.3 Å². The average molecular weight is 431 g/mol. The molecule has 0 aliphatic carbocycles. The Labute approximate surface area is 181 Å². The topological polar surface area (TPSA) is 134 Å². The Morgan fingerprint density at radius 2 is 1.84 bits per heavy atom. The minimum atomic E-state index is -0.970. The highest BCUT2D eigenvalue weighted by molar-refractivity contribution is 6.07. The molecule has 9 heteroatoms. The second-order valence-corrected chi connectivity index (χ2v) is 7.39. The van der Waals surface area contributed by atoms with E-state index in [2.05, 4.69) is 4.99 Å². The number of para-hydroxylation sites is 1. The van der Waals surface area contributed by atoms with Gasteiger partial charge < -0.3 is 15.2 Å². The molecule has 2 unspecified atom stereocenters. The van der Waals surface area contributed by atoms with Gasteiger partial charge in [-0.3, -0.25) is 19.9 Å². The number of carbonyl (C=O) groups excluding carboxylic acids is 2. The Hall–Kier alpha value is -3.07. The molecule has 9 nitrogen and oxygen atoms in total. The first-order valence-corrected chi connectivity index (χ1v) is 10.3. The molecule has 1 aromatic rings. The Balaban J connectivity index is 2.43. The van der Waals surface area contributed by atoms with Crippen LogP contribution in [0.25, 0.3) is 0 Å². The van der Waals surface area contributed by atoms with Gasteiger partial charge in [0.25, 0.3) is 5.69 Å². The van der Waals surface area contributed by atoms with Gasteiger partial charge in [0, 0.05) is 29.0 Å². The summed E-state index contributed by atoms with van der Waals surface area (Å²) in [5.74, 6) is -3.16. The van der Waals surface area contributed by atoms with Crippen LogP contribution in [-0.4, -0.2) is 42.8 Å². The Kier molecular flexibility index (Phi) is 8.87. The molecule has 1 aliphatic heterocycles. The number of allylic oxidation sites excluding steroid dienone is 1. The maximum atomic E-state index is 13.0. The fourth-order valence-corrected chi connectivity index (χ4v) is 3.83. The molecule has 1 aliphatic rings. The van der Waals surface area contributed by atoms with Gasteiger partial charge in [0.2, 0.25) is 0 Å². The van der Waals surface area contributed by atoms with Crippen molar-refractivity contribution in [1.29, 1.82) is 0 Å². The first-order valence-electron chi connectivity index (χ1n) is 10.3. The molecule has 0 spiro atoms. The van der Waals surface area contributed by atoms with E-state index in [1.54, 1.807) is 26.0 Å². The monoisotopic (exact) mass is 431 g/mol. The number of rotatable bonds is 10. The molecule has 2 rings (SSSR count). The Morgan fingerprint density at radius 3 is 2.48 bits per heavy atom. The SMILES string of the molecule is COC(=O)C1C(C)=NC(C)=C(C(=O)OCCCCCCN)C1c1ccccc1[N+](=O)[O-]. The van der Waals surface area contributed by atoms with Gasteiger partial charge in [-0.1, -0.05) is 31.0 Å². The van der Waals surface area contributed by atoms with Crippen molar-refractivity contribution in [2.24, 2.45) is 16.6 Å². The predicted octanol–water partition coefficient (Wildman–Crippen LogP) is 3.28. The van der Waals surface area contributed by atoms with Crippen LogP contribution < -0.4 is 5.73 Å². The summed E-state index contributed by atoms with van der Waals surface area (Å²) >= 11 is 0. The van der Waals surface area contributed by atoms with Crippen molar-refractivity contribution in [2.75, 3.05) is 20.3 Å². The van der Waals surface area contributed by atoms with E-state index in [1.165, 1.54) is 19.2 Å². The minimum Gasteiger partial charge on any atom is -0.468 e. The molecule has 0 amide bonds. The van der Waals surface area contributed by atoms with Crippen molar-refractivity contribution in [1.82, 2.24) is 0 Å². The number of aliphatic imine (C=N–C) groups is 1. The van der Waals surface area contributed by atoms with Gasteiger partial charge in [-0.15, -0.1) is 0 Å². The molecule has 0 saturated carbocycles. The first-order chi connectivity index (χ1) is 14.8. The summed E-state index contributed by atoms with van der Waals surface area (Å²) in [5.41, 5.74) is 6.46. The molecule has 2 N–H and O–H groups in total. The number of benzene rings is 1. The molecule has 0 fully saturated rings. The van der Waals surface area contributed by atoms with Crippen LogP contribution in [0.15, 0.2) is 40.5 Å². The lowest BCUT2D eigenvalue weighted by molar-refractivity contribution is -0.385. The second kappa shape index (κ2) is 11.4. The van der Waals surface area contributed by atoms with Crippen LogP contribution in [0.1, 0.15) is 51.0 Å². The zero-order valence-electron chi connectivity index (χ0n) is 18.1. The van der Waals surface area contributed by atoms with Crippen molar-refractivity contribution in [2.45, 2.75) is 45.4 Å². The minimum absolute atomic E-state index is 0.136. The van der Waals surface area contributed by atoms with Gasteiger partial charge in [0.1, 0.15) is 5.92 Å². The third-order valence-electron chi connectivity index (χ3n) is 5.30. The molecule has 2 atom stereocenters. The summed E-state index contributed by atoms with van der Waals surface area (Å²) in [6, 6.07) is 6.06. The second-order valence-electron chi connectivity index (χ2n) is 7.39. The molecular formula is C22H29N3O6. The van der Waals surface area contributed by atoms with Crippen molar-refractivity contribution in [3.05, 3.63) is 51.2 Å². The summed E-state index contributed by atoms with van der Waals surface area (Å²) in [6.07, 6.45) is 3.41. The molecule has 168 valence electrons. The maximum absolute atomic E-state index is 13.0. The summed E-state index contributed by atoms with van der Waals surface area (Å²) in [5, 5.41) is 11.7. The molecule has 1 aromatic carbocycles. The van der Waals surface area contributed by atoms with E-state index < -0.39 is 28.7 Å².